The number of aromatic nitrogens is 2. The molecule has 29 heavy (non-hydrogen) atoms. The van der Waals surface area contributed by atoms with Gasteiger partial charge in [-0.1, -0.05) is 0 Å². The number of halogens is 2. The van der Waals surface area contributed by atoms with Crippen LogP contribution in [0.25, 0.3) is 0 Å². The monoisotopic (exact) mass is 398 g/mol. The molecule has 2 aromatic rings. The van der Waals surface area contributed by atoms with Crippen molar-refractivity contribution in [3.63, 3.8) is 0 Å². The highest BCUT2D eigenvalue weighted by molar-refractivity contribution is 5.97. The molecule has 1 spiro atoms. The van der Waals surface area contributed by atoms with Gasteiger partial charge >= 0.3 is 6.03 Å². The number of amides is 3. The first-order valence-electron chi connectivity index (χ1n) is 8.94. The molecule has 8 nitrogen and oxygen atoms in total. The van der Waals surface area contributed by atoms with Gasteiger partial charge in [0.2, 0.25) is 5.91 Å². The van der Waals surface area contributed by atoms with Crippen LogP contribution in [-0.4, -0.2) is 33.4 Å². The molecule has 2 heterocycles. The second kappa shape index (κ2) is 6.77. The second-order valence-corrected chi connectivity index (χ2v) is 7.06. The van der Waals surface area contributed by atoms with Gasteiger partial charge in [-0.05, 0) is 31.9 Å². The minimum absolute atomic E-state index is 0.0795. The molecular formula is C19H16F2N6O2. The molecule has 1 saturated carbocycles. The summed E-state index contributed by atoms with van der Waals surface area (Å²) in [5.74, 6) is -2.49. The summed E-state index contributed by atoms with van der Waals surface area (Å²) in [5.41, 5.74) is -0.111. The Morgan fingerprint density at radius 2 is 2.14 bits per heavy atom. The van der Waals surface area contributed by atoms with Crippen molar-refractivity contribution in [1.82, 2.24) is 20.2 Å². The lowest BCUT2D eigenvalue weighted by Crippen LogP contribution is -2.52. The van der Waals surface area contributed by atoms with Gasteiger partial charge in [-0.25, -0.2) is 18.6 Å². The molecular weight excluding hydrogens is 382 g/mol. The van der Waals surface area contributed by atoms with E-state index < -0.39 is 35.2 Å². The van der Waals surface area contributed by atoms with E-state index in [0.29, 0.717) is 18.5 Å². The number of nitrogens with one attached hydrogen (secondary N) is 2. The van der Waals surface area contributed by atoms with Crippen molar-refractivity contribution in [3.8, 4) is 6.07 Å². The number of benzene rings is 1. The van der Waals surface area contributed by atoms with Gasteiger partial charge in [-0.15, -0.1) is 0 Å². The van der Waals surface area contributed by atoms with Crippen LogP contribution in [-0.2, 0) is 10.3 Å². The zero-order valence-electron chi connectivity index (χ0n) is 15.4. The predicted octanol–water partition coefficient (Wildman–Crippen LogP) is 2.34. The number of carbonyl (C=O) groups excluding carboxylic acids is 2. The average Bonchev–Trinajstić information content (AvgIpc) is 3.49. The van der Waals surface area contributed by atoms with E-state index in [0.717, 1.165) is 6.07 Å². The van der Waals surface area contributed by atoms with Crippen LogP contribution < -0.4 is 10.6 Å². The number of anilines is 1. The second-order valence-electron chi connectivity index (χ2n) is 7.06. The zero-order chi connectivity index (χ0) is 20.8. The van der Waals surface area contributed by atoms with Crippen molar-refractivity contribution >= 4 is 17.6 Å². The van der Waals surface area contributed by atoms with Crippen molar-refractivity contribution in [2.24, 2.45) is 0 Å². The number of hydrogen-bond acceptors (Lipinski definition) is 5. The molecule has 1 aromatic heterocycles. The van der Waals surface area contributed by atoms with Gasteiger partial charge in [0.05, 0.1) is 35.4 Å². The highest BCUT2D eigenvalue weighted by Gasteiger charge is 2.57. The van der Waals surface area contributed by atoms with E-state index >= 15 is 0 Å². The van der Waals surface area contributed by atoms with Crippen LogP contribution in [0, 0.1) is 23.0 Å². The topological polar surface area (TPSA) is 111 Å². The highest BCUT2D eigenvalue weighted by Crippen LogP contribution is 2.56. The molecule has 148 valence electrons. The summed E-state index contributed by atoms with van der Waals surface area (Å²) in [6.07, 6.45) is 3.56. The molecule has 1 aromatic carbocycles. The maximum atomic E-state index is 14.5. The maximum absolute atomic E-state index is 14.5. The van der Waals surface area contributed by atoms with Gasteiger partial charge in [0.15, 0.2) is 17.3 Å². The average molecular weight is 398 g/mol. The standard InChI is InChI=1S/C19H16F2N6O2/c1-10(14-8-23-11(6-22)7-24-14)25-15(28)9-27-18(29)26-13-3-2-12(20)17(21)16(13)19(27)4-5-19/h2-3,7-8,10H,4-5,9H2,1H3,(H,25,28)(H,26,29)/t10-/m0/s1. The van der Waals surface area contributed by atoms with Gasteiger partial charge in [-0.2, -0.15) is 5.26 Å². The summed E-state index contributed by atoms with van der Waals surface area (Å²) in [6, 6.07) is 3.09. The Hall–Kier alpha value is -3.61. The summed E-state index contributed by atoms with van der Waals surface area (Å²) >= 11 is 0. The Balaban J connectivity index is 1.51. The van der Waals surface area contributed by atoms with E-state index in [4.69, 9.17) is 5.26 Å². The Morgan fingerprint density at radius 3 is 2.76 bits per heavy atom. The van der Waals surface area contributed by atoms with Crippen molar-refractivity contribution in [2.75, 3.05) is 11.9 Å². The fourth-order valence-corrected chi connectivity index (χ4v) is 3.61. The highest BCUT2D eigenvalue weighted by atomic mass is 19.2. The number of hydrogen-bond donors (Lipinski definition) is 2. The van der Waals surface area contributed by atoms with Crippen LogP contribution in [0.4, 0.5) is 19.3 Å². The Labute approximate surface area is 164 Å². The number of nitriles is 1. The summed E-state index contributed by atoms with van der Waals surface area (Å²) in [6.45, 7) is 1.36. The number of nitrogens with zero attached hydrogens (tertiary/aromatic N) is 4. The minimum atomic E-state index is -1.02. The first kappa shape index (κ1) is 18.7. The van der Waals surface area contributed by atoms with Gasteiger partial charge < -0.3 is 15.5 Å². The van der Waals surface area contributed by atoms with Crippen LogP contribution >= 0.6 is 0 Å². The quantitative estimate of drug-likeness (QED) is 0.821. The van der Waals surface area contributed by atoms with E-state index in [-0.39, 0.29) is 23.5 Å². The Morgan fingerprint density at radius 1 is 1.38 bits per heavy atom. The normalized spacial score (nSPS) is 17.2. The first-order chi connectivity index (χ1) is 13.9. The Bertz CT molecular complexity index is 1050. The lowest BCUT2D eigenvalue weighted by atomic mass is 9.97. The third-order valence-corrected chi connectivity index (χ3v) is 5.20. The number of fused-ring (bicyclic) bond motifs is 2. The first-order valence-corrected chi connectivity index (χ1v) is 8.94. The largest absolute Gasteiger partial charge is 0.346 e. The molecule has 1 aliphatic heterocycles. The van der Waals surface area contributed by atoms with Gasteiger partial charge in [0, 0.05) is 5.56 Å². The number of urea groups is 1. The SMILES string of the molecule is C[C@H](NC(=O)CN1C(=O)Nc2ccc(F)c(F)c2C12CC2)c1cnc(C#N)cn1. The fraction of sp³-hybridized carbons (Fsp3) is 0.316. The van der Waals surface area contributed by atoms with E-state index in [1.54, 1.807) is 6.92 Å². The van der Waals surface area contributed by atoms with E-state index in [1.807, 2.05) is 6.07 Å². The van der Waals surface area contributed by atoms with Gasteiger partial charge in [0.25, 0.3) is 0 Å². The molecule has 10 heteroatoms. The van der Waals surface area contributed by atoms with Crippen LogP contribution in [0.1, 0.15) is 42.8 Å². The smallest absolute Gasteiger partial charge is 0.323 e. The predicted molar refractivity (Wildman–Crippen MR) is 96.3 cm³/mol. The molecule has 2 N–H and O–H groups in total. The lowest BCUT2D eigenvalue weighted by Gasteiger charge is -2.38. The summed E-state index contributed by atoms with van der Waals surface area (Å²) in [7, 11) is 0. The third-order valence-electron chi connectivity index (χ3n) is 5.20. The maximum Gasteiger partial charge on any atom is 0.323 e. The molecule has 3 amide bonds. The van der Waals surface area contributed by atoms with Crippen molar-refractivity contribution in [3.05, 3.63) is 53.1 Å². The summed E-state index contributed by atoms with van der Waals surface area (Å²) in [4.78, 5) is 34.3. The molecule has 0 radical (unpaired) electrons. The molecule has 1 atom stereocenters. The number of rotatable bonds is 4. The zero-order valence-corrected chi connectivity index (χ0v) is 15.4. The number of carbonyl (C=O) groups is 2. The van der Waals surface area contributed by atoms with Crippen LogP contribution in [0.5, 0.6) is 0 Å². The fourth-order valence-electron chi connectivity index (χ4n) is 3.61. The van der Waals surface area contributed by atoms with Gasteiger partial charge in [-0.3, -0.25) is 9.78 Å². The molecule has 2 aliphatic rings. The van der Waals surface area contributed by atoms with Crippen LogP contribution in [0.15, 0.2) is 24.5 Å². The Kier molecular flexibility index (Phi) is 4.38. The summed E-state index contributed by atoms with van der Waals surface area (Å²) in [5, 5.41) is 14.0. The van der Waals surface area contributed by atoms with E-state index in [2.05, 4.69) is 20.6 Å². The van der Waals surface area contributed by atoms with Crippen molar-refractivity contribution in [2.45, 2.75) is 31.3 Å². The van der Waals surface area contributed by atoms with Crippen molar-refractivity contribution < 1.29 is 18.4 Å². The molecule has 0 unspecified atom stereocenters. The summed E-state index contributed by atoms with van der Waals surface area (Å²) < 4.78 is 28.2. The van der Waals surface area contributed by atoms with E-state index in [9.17, 15) is 18.4 Å². The van der Waals surface area contributed by atoms with Crippen LogP contribution in [0.3, 0.4) is 0 Å². The molecule has 0 saturated heterocycles. The third kappa shape index (κ3) is 3.14. The molecule has 0 bridgehead atoms. The van der Waals surface area contributed by atoms with Crippen molar-refractivity contribution in [1.29, 1.82) is 5.26 Å². The molecule has 1 fully saturated rings. The lowest BCUT2D eigenvalue weighted by molar-refractivity contribution is -0.123. The minimum Gasteiger partial charge on any atom is -0.346 e. The van der Waals surface area contributed by atoms with Gasteiger partial charge in [0.1, 0.15) is 12.6 Å². The molecule has 4 rings (SSSR count). The molecule has 1 aliphatic carbocycles. The van der Waals surface area contributed by atoms with Crippen LogP contribution in [0.2, 0.25) is 0 Å². The van der Waals surface area contributed by atoms with E-state index in [1.165, 1.54) is 23.4 Å².